The molecule has 0 saturated carbocycles. The van der Waals surface area contributed by atoms with Gasteiger partial charge in [0.05, 0.1) is 15.8 Å². The Labute approximate surface area is 181 Å². The minimum Gasteiger partial charge on any atom is -0.399 e. The number of hydrogen-bond donors (Lipinski definition) is 1. The summed E-state index contributed by atoms with van der Waals surface area (Å²) in [5, 5.41) is 1.92. The average Bonchev–Trinajstić information content (AvgIpc) is 3.21. The highest BCUT2D eigenvalue weighted by Gasteiger charge is 2.37. The zero-order chi connectivity index (χ0) is 21.1. The first-order valence-electron chi connectivity index (χ1n) is 9.78. The van der Waals surface area contributed by atoms with Crippen LogP contribution in [0.1, 0.15) is 20.7 Å². The minimum atomic E-state index is -0.361. The van der Waals surface area contributed by atoms with E-state index in [9.17, 15) is 9.59 Å². The molecule has 6 rings (SSSR count). The van der Waals surface area contributed by atoms with Gasteiger partial charge in [0.25, 0.3) is 11.8 Å². The van der Waals surface area contributed by atoms with Gasteiger partial charge < -0.3 is 5.73 Å². The third kappa shape index (κ3) is 2.59. The van der Waals surface area contributed by atoms with Crippen molar-refractivity contribution >= 4 is 55.0 Å². The van der Waals surface area contributed by atoms with Gasteiger partial charge in [0.15, 0.2) is 0 Å². The molecule has 0 aliphatic carbocycles. The van der Waals surface area contributed by atoms with Crippen LogP contribution in [0.15, 0.2) is 78.9 Å². The molecule has 31 heavy (non-hydrogen) atoms. The smallest absolute Gasteiger partial charge is 0.268 e. The number of carbonyl (C=O) groups is 2. The molecule has 1 aromatic heterocycles. The molecule has 5 nitrogen and oxygen atoms in total. The summed E-state index contributed by atoms with van der Waals surface area (Å²) in [5.41, 5.74) is 9.92. The van der Waals surface area contributed by atoms with Crippen LogP contribution in [-0.2, 0) is 0 Å². The van der Waals surface area contributed by atoms with Crippen molar-refractivity contribution in [2.45, 2.75) is 0 Å². The summed E-state index contributed by atoms with van der Waals surface area (Å²) in [6.45, 7) is 0. The van der Waals surface area contributed by atoms with E-state index in [4.69, 9.17) is 5.73 Å². The standard InChI is InChI=1S/C25H15N3O2S/c26-16-11-8-14(9-12-16)17-13-10-15-4-3-5-18-21(15)22(17)24(30)28(23(18)29)25-27-19-6-1-2-7-20(19)31-25/h1-13H,26H2. The number of nitrogen functional groups attached to an aromatic ring is 1. The molecule has 0 spiro atoms. The summed E-state index contributed by atoms with van der Waals surface area (Å²) in [6.07, 6.45) is 0. The molecule has 0 radical (unpaired) electrons. The predicted octanol–water partition coefficient (Wildman–Crippen LogP) is 5.50. The number of nitrogens with zero attached hydrogens (tertiary/aromatic N) is 2. The molecule has 5 aromatic rings. The normalized spacial score (nSPS) is 13.4. The summed E-state index contributed by atoms with van der Waals surface area (Å²) in [6, 6.07) is 24.4. The lowest BCUT2D eigenvalue weighted by Crippen LogP contribution is -2.40. The van der Waals surface area contributed by atoms with Crippen LogP contribution in [0.4, 0.5) is 10.8 Å². The fourth-order valence-electron chi connectivity index (χ4n) is 4.14. The average molecular weight is 421 g/mol. The SMILES string of the molecule is Nc1ccc(-c2ccc3cccc4c3c2C(=O)N(c2nc3ccccc3s2)C4=O)cc1. The number of imide groups is 1. The maximum Gasteiger partial charge on any atom is 0.268 e. The number of rotatable bonds is 2. The number of anilines is 2. The second kappa shape index (κ2) is 6.48. The van der Waals surface area contributed by atoms with E-state index in [0.717, 1.165) is 26.7 Å². The molecule has 148 valence electrons. The fraction of sp³-hybridized carbons (Fsp3) is 0. The maximum atomic E-state index is 13.8. The number of benzene rings is 4. The van der Waals surface area contributed by atoms with Crippen molar-refractivity contribution in [2.75, 3.05) is 10.6 Å². The van der Waals surface area contributed by atoms with E-state index in [2.05, 4.69) is 4.98 Å². The van der Waals surface area contributed by atoms with Crippen molar-refractivity contribution in [2.24, 2.45) is 0 Å². The molecule has 1 aliphatic heterocycles. The summed E-state index contributed by atoms with van der Waals surface area (Å²) < 4.78 is 0.925. The number of fused-ring (bicyclic) bond motifs is 1. The van der Waals surface area contributed by atoms with Gasteiger partial charge in [-0.2, -0.15) is 0 Å². The molecular formula is C25H15N3O2S. The monoisotopic (exact) mass is 421 g/mol. The molecule has 0 bridgehead atoms. The Balaban J connectivity index is 1.63. The van der Waals surface area contributed by atoms with Gasteiger partial charge in [-0.15, -0.1) is 0 Å². The van der Waals surface area contributed by atoms with Gasteiger partial charge in [-0.05, 0) is 46.8 Å². The van der Waals surface area contributed by atoms with Crippen molar-refractivity contribution in [3.63, 3.8) is 0 Å². The second-order valence-electron chi connectivity index (χ2n) is 7.42. The van der Waals surface area contributed by atoms with E-state index >= 15 is 0 Å². The summed E-state index contributed by atoms with van der Waals surface area (Å²) in [5.74, 6) is -0.711. The number of amides is 2. The van der Waals surface area contributed by atoms with E-state index in [0.29, 0.717) is 27.3 Å². The van der Waals surface area contributed by atoms with Crippen molar-refractivity contribution in [1.29, 1.82) is 0 Å². The number of nitrogens with two attached hydrogens (primary N) is 1. The first-order valence-corrected chi connectivity index (χ1v) is 10.6. The lowest BCUT2D eigenvalue weighted by molar-refractivity contribution is 0.0894. The van der Waals surface area contributed by atoms with E-state index in [-0.39, 0.29) is 11.8 Å². The molecule has 0 fully saturated rings. The number of para-hydroxylation sites is 1. The van der Waals surface area contributed by atoms with E-state index < -0.39 is 0 Å². The number of carbonyl (C=O) groups excluding carboxylic acids is 2. The third-order valence-corrected chi connectivity index (χ3v) is 6.61. The number of aromatic nitrogens is 1. The van der Waals surface area contributed by atoms with Crippen molar-refractivity contribution < 1.29 is 9.59 Å². The van der Waals surface area contributed by atoms with Gasteiger partial charge in [0.1, 0.15) is 0 Å². The summed E-state index contributed by atoms with van der Waals surface area (Å²) in [7, 11) is 0. The molecule has 4 aromatic carbocycles. The van der Waals surface area contributed by atoms with Gasteiger partial charge >= 0.3 is 0 Å². The van der Waals surface area contributed by atoms with Crippen molar-refractivity contribution in [3.05, 3.63) is 90.0 Å². The molecule has 2 amide bonds. The van der Waals surface area contributed by atoms with Crippen molar-refractivity contribution in [1.82, 2.24) is 4.98 Å². The Morgan fingerprint density at radius 1 is 0.774 bits per heavy atom. The van der Waals surface area contributed by atoms with Crippen LogP contribution in [0.5, 0.6) is 0 Å². The van der Waals surface area contributed by atoms with Gasteiger partial charge in [0.2, 0.25) is 5.13 Å². The summed E-state index contributed by atoms with van der Waals surface area (Å²) in [4.78, 5) is 33.0. The number of hydrogen-bond acceptors (Lipinski definition) is 5. The maximum absolute atomic E-state index is 13.8. The highest BCUT2D eigenvalue weighted by atomic mass is 32.1. The van der Waals surface area contributed by atoms with Crippen molar-refractivity contribution in [3.8, 4) is 11.1 Å². The molecule has 0 saturated heterocycles. The highest BCUT2D eigenvalue weighted by molar-refractivity contribution is 7.22. The van der Waals surface area contributed by atoms with E-state index in [1.165, 1.54) is 16.2 Å². The summed E-state index contributed by atoms with van der Waals surface area (Å²) >= 11 is 1.34. The Bertz CT molecular complexity index is 1500. The van der Waals surface area contributed by atoms with Crippen LogP contribution in [0.25, 0.3) is 32.1 Å². The Morgan fingerprint density at radius 2 is 1.58 bits per heavy atom. The van der Waals surface area contributed by atoms with Crippen LogP contribution in [0, 0.1) is 0 Å². The molecule has 1 aliphatic rings. The van der Waals surface area contributed by atoms with E-state index in [1.54, 1.807) is 6.07 Å². The second-order valence-corrected chi connectivity index (χ2v) is 8.43. The molecule has 2 heterocycles. The lowest BCUT2D eigenvalue weighted by atomic mass is 9.88. The zero-order valence-corrected chi connectivity index (χ0v) is 17.0. The molecule has 0 unspecified atom stereocenters. The Morgan fingerprint density at radius 3 is 2.39 bits per heavy atom. The highest BCUT2D eigenvalue weighted by Crippen LogP contribution is 2.40. The van der Waals surface area contributed by atoms with Gasteiger partial charge in [-0.3, -0.25) is 9.59 Å². The molecule has 0 atom stereocenters. The lowest BCUT2D eigenvalue weighted by Gasteiger charge is -2.27. The van der Waals surface area contributed by atoms with Gasteiger partial charge in [-0.1, -0.05) is 59.9 Å². The van der Waals surface area contributed by atoms with Crippen LogP contribution in [0.2, 0.25) is 0 Å². The largest absolute Gasteiger partial charge is 0.399 e. The first-order chi connectivity index (χ1) is 15.1. The number of thiazole rings is 1. The minimum absolute atomic E-state index is 0.350. The molecule has 2 N–H and O–H groups in total. The Kier molecular flexibility index (Phi) is 3.72. The topological polar surface area (TPSA) is 76.3 Å². The molecule has 6 heteroatoms. The quantitative estimate of drug-likeness (QED) is 0.302. The van der Waals surface area contributed by atoms with E-state index in [1.807, 2.05) is 72.8 Å². The van der Waals surface area contributed by atoms with Gasteiger partial charge in [-0.25, -0.2) is 9.88 Å². The fourth-order valence-corrected chi connectivity index (χ4v) is 5.10. The molecular weight excluding hydrogens is 406 g/mol. The van der Waals surface area contributed by atoms with Crippen LogP contribution in [0.3, 0.4) is 0 Å². The van der Waals surface area contributed by atoms with Gasteiger partial charge in [0, 0.05) is 16.6 Å². The van der Waals surface area contributed by atoms with Crippen LogP contribution < -0.4 is 10.6 Å². The third-order valence-electron chi connectivity index (χ3n) is 5.59. The predicted molar refractivity (Wildman–Crippen MR) is 125 cm³/mol. The Hall–Kier alpha value is -4.03. The van der Waals surface area contributed by atoms with Crippen LogP contribution in [-0.4, -0.2) is 16.8 Å². The zero-order valence-electron chi connectivity index (χ0n) is 16.2. The first kappa shape index (κ1) is 17.8. The van der Waals surface area contributed by atoms with Crippen LogP contribution >= 0.6 is 11.3 Å².